The summed E-state index contributed by atoms with van der Waals surface area (Å²) in [4.78, 5) is 27.4. The highest BCUT2D eigenvalue weighted by atomic mass is 16.5. The van der Waals surface area contributed by atoms with Crippen LogP contribution in [-0.2, 0) is 4.79 Å². The van der Waals surface area contributed by atoms with E-state index < -0.39 is 6.04 Å². The summed E-state index contributed by atoms with van der Waals surface area (Å²) in [6, 6.07) is 9.89. The zero-order valence-electron chi connectivity index (χ0n) is 19.9. The Bertz CT molecular complexity index is 1250. The number of nitrogens with two attached hydrogens (primary N) is 1. The van der Waals surface area contributed by atoms with Crippen molar-refractivity contribution < 1.29 is 9.53 Å². The first kappa shape index (κ1) is 22.8. The Morgan fingerprint density at radius 2 is 1.97 bits per heavy atom. The number of nitrogens with one attached hydrogen (secondary N) is 2. The smallest absolute Gasteiger partial charge is 0.227 e. The van der Waals surface area contributed by atoms with Gasteiger partial charge in [-0.2, -0.15) is 4.98 Å². The Balaban J connectivity index is 1.51. The summed E-state index contributed by atoms with van der Waals surface area (Å²) in [5, 5.41) is 6.53. The molecule has 0 spiro atoms. The number of hydrogen-bond acceptors (Lipinski definition) is 9. The molecule has 2 aliphatic rings. The minimum atomic E-state index is -0.512. The van der Waals surface area contributed by atoms with Crippen LogP contribution in [0.2, 0.25) is 0 Å². The zero-order chi connectivity index (χ0) is 24.4. The Hall–Kier alpha value is -3.98. The third kappa shape index (κ3) is 4.67. The molecule has 9 nitrogen and oxygen atoms in total. The first-order chi connectivity index (χ1) is 17.1. The monoisotopic (exact) mass is 471 g/mol. The van der Waals surface area contributed by atoms with Crippen molar-refractivity contribution in [3.63, 3.8) is 0 Å². The van der Waals surface area contributed by atoms with Gasteiger partial charge in [-0.1, -0.05) is 12.1 Å². The molecule has 1 fully saturated rings. The zero-order valence-corrected chi connectivity index (χ0v) is 19.9. The van der Waals surface area contributed by atoms with Crippen molar-refractivity contribution >= 4 is 29.8 Å². The first-order valence-corrected chi connectivity index (χ1v) is 11.7. The van der Waals surface area contributed by atoms with E-state index in [0.29, 0.717) is 28.9 Å². The maximum Gasteiger partial charge on any atom is 0.227 e. The molecule has 0 bridgehead atoms. The minimum absolute atomic E-state index is 0.122. The van der Waals surface area contributed by atoms with Crippen molar-refractivity contribution in [2.75, 3.05) is 38.3 Å². The predicted octanol–water partition coefficient (Wildman–Crippen LogP) is 3.50. The number of carbonyl (C=O) groups is 1. The van der Waals surface area contributed by atoms with Gasteiger partial charge in [-0.15, -0.1) is 0 Å². The number of ether oxygens (including phenoxy) is 1. The van der Waals surface area contributed by atoms with E-state index in [2.05, 4.69) is 56.8 Å². The van der Waals surface area contributed by atoms with E-state index in [1.807, 2.05) is 12.1 Å². The van der Waals surface area contributed by atoms with E-state index in [1.54, 1.807) is 12.4 Å². The van der Waals surface area contributed by atoms with Crippen molar-refractivity contribution in [1.29, 1.82) is 0 Å². The number of nitrogen functional groups attached to an aromatic ring is 1. The molecule has 35 heavy (non-hydrogen) atoms. The van der Waals surface area contributed by atoms with Gasteiger partial charge in [0.1, 0.15) is 18.1 Å². The number of pyridine rings is 1. The van der Waals surface area contributed by atoms with Gasteiger partial charge in [0.05, 0.1) is 18.4 Å². The SMILES string of the molecule is COc1nc(N)ncc1-c1cc2c(c(Nc3ccc(C4CCN(C)CC4)cc3)n1)C(C=O)NC=C2. The lowest BCUT2D eigenvalue weighted by molar-refractivity contribution is -0.109. The molecule has 180 valence electrons. The number of nitrogens with zero attached hydrogens (tertiary/aromatic N) is 4. The van der Waals surface area contributed by atoms with Gasteiger partial charge >= 0.3 is 0 Å². The van der Waals surface area contributed by atoms with Gasteiger partial charge in [0, 0.05) is 17.4 Å². The van der Waals surface area contributed by atoms with Gasteiger partial charge in [0.25, 0.3) is 0 Å². The molecule has 2 aromatic heterocycles. The third-order valence-corrected chi connectivity index (χ3v) is 6.68. The average Bonchev–Trinajstić information content (AvgIpc) is 2.89. The van der Waals surface area contributed by atoms with Crippen molar-refractivity contribution in [3.8, 4) is 17.1 Å². The van der Waals surface area contributed by atoms with E-state index in [-0.39, 0.29) is 5.95 Å². The molecule has 1 unspecified atom stereocenters. The van der Waals surface area contributed by atoms with Crippen LogP contribution in [0.15, 0.2) is 42.7 Å². The maximum atomic E-state index is 11.9. The van der Waals surface area contributed by atoms with Gasteiger partial charge in [-0.05, 0) is 80.5 Å². The number of aldehydes is 1. The molecule has 5 rings (SSSR count). The predicted molar refractivity (Wildman–Crippen MR) is 136 cm³/mol. The Morgan fingerprint density at radius 1 is 1.20 bits per heavy atom. The summed E-state index contributed by atoms with van der Waals surface area (Å²) >= 11 is 0. The molecular weight excluding hydrogens is 442 g/mol. The van der Waals surface area contributed by atoms with Crippen molar-refractivity contribution in [2.45, 2.75) is 24.8 Å². The second-order valence-corrected chi connectivity index (χ2v) is 8.95. The Kier molecular flexibility index (Phi) is 6.33. The Morgan fingerprint density at radius 3 is 2.69 bits per heavy atom. The molecule has 1 aromatic carbocycles. The molecule has 0 amide bonds. The lowest BCUT2D eigenvalue weighted by Gasteiger charge is -2.29. The highest BCUT2D eigenvalue weighted by Gasteiger charge is 2.24. The molecule has 0 aliphatic carbocycles. The molecular formula is C26H29N7O2. The van der Waals surface area contributed by atoms with Crippen LogP contribution in [0.5, 0.6) is 5.88 Å². The first-order valence-electron chi connectivity index (χ1n) is 11.7. The number of hydrogen-bond donors (Lipinski definition) is 3. The standard InChI is InChI=1S/C26H29N7O2/c1-33-11-8-17(9-12-33)16-3-5-19(6-4-16)30-24-23-18(7-10-28-22(23)15-34)13-21(31-24)20-14-29-26(27)32-25(20)35-2/h3-7,10,13-15,17,22,28H,8-9,11-12H2,1-2H3,(H,30,31)(H2,27,29,32). The number of likely N-dealkylation sites (tertiary alicyclic amines) is 1. The number of aromatic nitrogens is 3. The quantitative estimate of drug-likeness (QED) is 0.464. The number of rotatable bonds is 6. The Labute approximate surface area is 204 Å². The number of fused-ring (bicyclic) bond motifs is 1. The molecule has 3 aromatic rings. The summed E-state index contributed by atoms with van der Waals surface area (Å²) < 4.78 is 5.42. The van der Waals surface area contributed by atoms with Gasteiger partial charge in [0.15, 0.2) is 0 Å². The fourth-order valence-corrected chi connectivity index (χ4v) is 4.73. The highest BCUT2D eigenvalue weighted by Crippen LogP contribution is 2.36. The normalized spacial score (nSPS) is 17.9. The van der Waals surface area contributed by atoms with E-state index >= 15 is 0 Å². The van der Waals surface area contributed by atoms with Gasteiger partial charge < -0.3 is 30.8 Å². The topological polar surface area (TPSA) is 118 Å². The number of piperidine rings is 1. The minimum Gasteiger partial charge on any atom is -0.480 e. The van der Waals surface area contributed by atoms with Crippen molar-refractivity contribution in [1.82, 2.24) is 25.2 Å². The van der Waals surface area contributed by atoms with Crippen LogP contribution in [0, 0.1) is 0 Å². The van der Waals surface area contributed by atoms with Gasteiger partial charge in [-0.3, -0.25) is 0 Å². The van der Waals surface area contributed by atoms with E-state index in [0.717, 1.165) is 36.2 Å². The number of benzene rings is 1. The van der Waals surface area contributed by atoms with Crippen LogP contribution >= 0.6 is 0 Å². The maximum absolute atomic E-state index is 11.9. The van der Waals surface area contributed by atoms with Gasteiger partial charge in [-0.25, -0.2) is 9.97 Å². The molecule has 1 atom stereocenters. The fraction of sp³-hybridized carbons (Fsp3) is 0.308. The van der Waals surface area contributed by atoms with Crippen LogP contribution < -0.4 is 21.1 Å². The molecule has 1 saturated heterocycles. The molecule has 0 radical (unpaired) electrons. The molecule has 4 heterocycles. The lowest BCUT2D eigenvalue weighted by atomic mass is 9.89. The summed E-state index contributed by atoms with van der Waals surface area (Å²) in [6.07, 6.45) is 8.50. The van der Waals surface area contributed by atoms with Crippen LogP contribution in [-0.4, -0.2) is 53.4 Å². The van der Waals surface area contributed by atoms with Crippen LogP contribution in [0.4, 0.5) is 17.5 Å². The van der Waals surface area contributed by atoms with Crippen molar-refractivity contribution in [3.05, 3.63) is 59.4 Å². The summed E-state index contributed by atoms with van der Waals surface area (Å²) in [6.45, 7) is 2.25. The third-order valence-electron chi connectivity index (χ3n) is 6.68. The van der Waals surface area contributed by atoms with Crippen LogP contribution in [0.3, 0.4) is 0 Å². The van der Waals surface area contributed by atoms with Crippen LogP contribution in [0.1, 0.15) is 41.5 Å². The number of anilines is 3. The average molecular weight is 472 g/mol. The molecule has 9 heteroatoms. The number of carbonyl (C=O) groups excluding carboxylic acids is 1. The lowest BCUT2D eigenvalue weighted by Crippen LogP contribution is -2.29. The molecule has 2 aliphatic heterocycles. The van der Waals surface area contributed by atoms with E-state index in [4.69, 9.17) is 15.5 Å². The van der Waals surface area contributed by atoms with Gasteiger partial charge in [0.2, 0.25) is 11.8 Å². The fourth-order valence-electron chi connectivity index (χ4n) is 4.73. The number of methoxy groups -OCH3 is 1. The summed E-state index contributed by atoms with van der Waals surface area (Å²) in [7, 11) is 3.70. The molecule has 0 saturated carbocycles. The summed E-state index contributed by atoms with van der Waals surface area (Å²) in [5.41, 5.74) is 10.9. The van der Waals surface area contributed by atoms with Crippen LogP contribution in [0.25, 0.3) is 17.3 Å². The van der Waals surface area contributed by atoms with E-state index in [9.17, 15) is 4.79 Å². The summed E-state index contributed by atoms with van der Waals surface area (Å²) in [5.74, 6) is 1.62. The van der Waals surface area contributed by atoms with E-state index in [1.165, 1.54) is 25.5 Å². The second kappa shape index (κ2) is 9.71. The molecule has 4 N–H and O–H groups in total. The van der Waals surface area contributed by atoms with Crippen molar-refractivity contribution in [2.24, 2.45) is 0 Å². The second-order valence-electron chi connectivity index (χ2n) is 8.95. The highest BCUT2D eigenvalue weighted by molar-refractivity contribution is 5.80. The largest absolute Gasteiger partial charge is 0.480 e.